The van der Waals surface area contributed by atoms with E-state index in [1.165, 1.54) is 0 Å². The van der Waals surface area contributed by atoms with Crippen LogP contribution in [0.15, 0.2) is 4.90 Å². The molecule has 1 atom stereocenters. The third-order valence-corrected chi connectivity index (χ3v) is 4.55. The third-order valence-electron chi connectivity index (χ3n) is 2.47. The SMILES string of the molecule is CC(C)CNC(=O)C(C)Nc1snc(N)c1S(C)(=O)=O. The fraction of sp³-hybridized carbons (Fsp3) is 0.636. The van der Waals surface area contributed by atoms with Gasteiger partial charge in [0.2, 0.25) is 5.91 Å². The number of hydrogen-bond donors (Lipinski definition) is 3. The monoisotopic (exact) mass is 320 g/mol. The van der Waals surface area contributed by atoms with E-state index in [9.17, 15) is 13.2 Å². The van der Waals surface area contributed by atoms with Crippen molar-refractivity contribution in [3.05, 3.63) is 0 Å². The summed E-state index contributed by atoms with van der Waals surface area (Å²) < 4.78 is 27.1. The topological polar surface area (TPSA) is 114 Å². The molecule has 1 rings (SSSR count). The number of nitrogens with zero attached hydrogens (tertiary/aromatic N) is 1. The summed E-state index contributed by atoms with van der Waals surface area (Å²) in [5.74, 6) is 0.0942. The van der Waals surface area contributed by atoms with E-state index in [1.807, 2.05) is 13.8 Å². The molecule has 0 fully saturated rings. The predicted octanol–water partition coefficient (Wildman–Crippen LogP) is 0.701. The minimum Gasteiger partial charge on any atom is -0.382 e. The molecule has 1 aromatic rings. The highest BCUT2D eigenvalue weighted by atomic mass is 32.2. The number of amides is 1. The van der Waals surface area contributed by atoms with Gasteiger partial charge in [-0.15, -0.1) is 0 Å². The fourth-order valence-electron chi connectivity index (χ4n) is 1.46. The number of aromatic nitrogens is 1. The number of nitrogens with one attached hydrogen (secondary N) is 2. The van der Waals surface area contributed by atoms with Crippen molar-refractivity contribution >= 4 is 38.1 Å². The Kier molecular flexibility index (Phi) is 5.35. The van der Waals surface area contributed by atoms with Gasteiger partial charge < -0.3 is 16.4 Å². The maximum atomic E-state index is 11.8. The van der Waals surface area contributed by atoms with Crippen LogP contribution in [0.25, 0.3) is 0 Å². The Morgan fingerprint density at radius 1 is 1.40 bits per heavy atom. The lowest BCUT2D eigenvalue weighted by Crippen LogP contribution is -2.39. The summed E-state index contributed by atoms with van der Waals surface area (Å²) in [6, 6.07) is -0.575. The number of nitrogen functional groups attached to an aromatic ring is 1. The number of rotatable bonds is 6. The Hall–Kier alpha value is -1.35. The molecular formula is C11H20N4O3S2. The standard InChI is InChI=1S/C11H20N4O3S2/c1-6(2)5-13-10(16)7(3)14-11-8(20(4,17)18)9(12)15-19-11/h6-7,14H,5H2,1-4H3,(H2,12,15)(H,13,16). The quantitative estimate of drug-likeness (QED) is 0.711. The normalized spacial score (nSPS) is 13.2. The van der Waals surface area contributed by atoms with E-state index in [2.05, 4.69) is 15.0 Å². The zero-order valence-corrected chi connectivity index (χ0v) is 13.6. The second-order valence-corrected chi connectivity index (χ2v) is 7.73. The fourth-order valence-corrected chi connectivity index (χ4v) is 3.61. The van der Waals surface area contributed by atoms with Gasteiger partial charge in [0.25, 0.3) is 0 Å². The molecule has 0 aliphatic carbocycles. The molecule has 0 spiro atoms. The van der Waals surface area contributed by atoms with Crippen molar-refractivity contribution in [2.45, 2.75) is 31.7 Å². The summed E-state index contributed by atoms with van der Waals surface area (Å²) in [6.45, 7) is 6.19. The number of carbonyl (C=O) groups is 1. The van der Waals surface area contributed by atoms with Gasteiger partial charge in [-0.3, -0.25) is 4.79 Å². The summed E-state index contributed by atoms with van der Waals surface area (Å²) in [6.07, 6.45) is 1.06. The summed E-state index contributed by atoms with van der Waals surface area (Å²) in [5, 5.41) is 5.90. The summed E-state index contributed by atoms with van der Waals surface area (Å²) in [5.41, 5.74) is 5.56. The molecule has 0 aromatic carbocycles. The molecular weight excluding hydrogens is 300 g/mol. The first kappa shape index (κ1) is 16.7. The molecule has 1 unspecified atom stereocenters. The molecule has 0 bridgehead atoms. The summed E-state index contributed by atoms with van der Waals surface area (Å²) >= 11 is 0.928. The lowest BCUT2D eigenvalue weighted by molar-refractivity contribution is -0.121. The minimum absolute atomic E-state index is 0.0465. The van der Waals surface area contributed by atoms with E-state index in [-0.39, 0.29) is 21.6 Å². The average molecular weight is 320 g/mol. The molecule has 0 saturated heterocycles. The van der Waals surface area contributed by atoms with Gasteiger partial charge in [0.1, 0.15) is 15.9 Å². The highest BCUT2D eigenvalue weighted by Gasteiger charge is 2.24. The van der Waals surface area contributed by atoms with Gasteiger partial charge in [0.15, 0.2) is 15.7 Å². The Morgan fingerprint density at radius 2 is 2.00 bits per heavy atom. The molecule has 1 amide bonds. The maximum absolute atomic E-state index is 11.8. The van der Waals surface area contributed by atoms with Crippen molar-refractivity contribution in [1.29, 1.82) is 0 Å². The Balaban J connectivity index is 2.82. The van der Waals surface area contributed by atoms with Crippen LogP contribution in [0.4, 0.5) is 10.8 Å². The van der Waals surface area contributed by atoms with Crippen molar-refractivity contribution in [2.24, 2.45) is 5.92 Å². The first-order chi connectivity index (χ1) is 9.12. The molecule has 0 aliphatic rings. The lowest BCUT2D eigenvalue weighted by atomic mass is 10.2. The van der Waals surface area contributed by atoms with Gasteiger partial charge in [-0.2, -0.15) is 4.37 Å². The predicted molar refractivity (Wildman–Crippen MR) is 80.6 cm³/mol. The number of carbonyl (C=O) groups excluding carboxylic acids is 1. The number of hydrogen-bond acceptors (Lipinski definition) is 7. The number of anilines is 2. The van der Waals surface area contributed by atoms with Crippen molar-refractivity contribution in [1.82, 2.24) is 9.69 Å². The minimum atomic E-state index is -3.49. The van der Waals surface area contributed by atoms with E-state index in [0.29, 0.717) is 12.5 Å². The first-order valence-corrected chi connectivity index (χ1v) is 8.78. The van der Waals surface area contributed by atoms with Gasteiger partial charge in [-0.1, -0.05) is 13.8 Å². The van der Waals surface area contributed by atoms with Gasteiger partial charge in [0, 0.05) is 12.8 Å². The molecule has 0 aliphatic heterocycles. The van der Waals surface area contributed by atoms with Crippen LogP contribution in [0.2, 0.25) is 0 Å². The highest BCUT2D eigenvalue weighted by Crippen LogP contribution is 2.31. The molecule has 7 nitrogen and oxygen atoms in total. The van der Waals surface area contributed by atoms with Crippen LogP contribution in [0, 0.1) is 5.92 Å². The van der Waals surface area contributed by atoms with Crippen LogP contribution in [-0.2, 0) is 14.6 Å². The number of nitrogens with two attached hydrogens (primary N) is 1. The maximum Gasteiger partial charge on any atom is 0.242 e. The van der Waals surface area contributed by atoms with E-state index in [0.717, 1.165) is 17.8 Å². The average Bonchev–Trinajstić information content (AvgIpc) is 2.66. The molecule has 20 heavy (non-hydrogen) atoms. The van der Waals surface area contributed by atoms with Crippen molar-refractivity contribution < 1.29 is 13.2 Å². The first-order valence-electron chi connectivity index (χ1n) is 6.12. The van der Waals surface area contributed by atoms with Gasteiger partial charge in [0.05, 0.1) is 0 Å². The lowest BCUT2D eigenvalue weighted by Gasteiger charge is -2.15. The second kappa shape index (κ2) is 6.40. The third kappa shape index (κ3) is 4.34. The molecule has 114 valence electrons. The molecule has 4 N–H and O–H groups in total. The molecule has 0 radical (unpaired) electrons. The largest absolute Gasteiger partial charge is 0.382 e. The van der Waals surface area contributed by atoms with E-state index >= 15 is 0 Å². The van der Waals surface area contributed by atoms with Crippen LogP contribution in [0.5, 0.6) is 0 Å². The van der Waals surface area contributed by atoms with Crippen LogP contribution in [-0.4, -0.2) is 37.5 Å². The Bertz CT molecular complexity index is 580. The Morgan fingerprint density at radius 3 is 2.50 bits per heavy atom. The van der Waals surface area contributed by atoms with E-state index in [1.54, 1.807) is 6.92 Å². The molecule has 9 heteroatoms. The van der Waals surface area contributed by atoms with Gasteiger partial charge >= 0.3 is 0 Å². The van der Waals surface area contributed by atoms with Gasteiger partial charge in [-0.25, -0.2) is 8.42 Å². The molecule has 1 aromatic heterocycles. The second-order valence-electron chi connectivity index (χ2n) is 5.00. The van der Waals surface area contributed by atoms with E-state index in [4.69, 9.17) is 5.73 Å². The smallest absolute Gasteiger partial charge is 0.242 e. The molecule has 0 saturated carbocycles. The zero-order valence-electron chi connectivity index (χ0n) is 11.9. The van der Waals surface area contributed by atoms with Gasteiger partial charge in [-0.05, 0) is 24.4 Å². The van der Waals surface area contributed by atoms with Crippen LogP contribution in [0.3, 0.4) is 0 Å². The highest BCUT2D eigenvalue weighted by molar-refractivity contribution is 7.91. The zero-order chi connectivity index (χ0) is 15.5. The van der Waals surface area contributed by atoms with Crippen LogP contribution < -0.4 is 16.4 Å². The van der Waals surface area contributed by atoms with Crippen molar-refractivity contribution in [2.75, 3.05) is 23.9 Å². The van der Waals surface area contributed by atoms with E-state index < -0.39 is 15.9 Å². The van der Waals surface area contributed by atoms with Crippen LogP contribution >= 0.6 is 11.5 Å². The van der Waals surface area contributed by atoms with Crippen LogP contribution in [0.1, 0.15) is 20.8 Å². The summed E-state index contributed by atoms with van der Waals surface area (Å²) in [4.78, 5) is 11.8. The summed E-state index contributed by atoms with van der Waals surface area (Å²) in [7, 11) is -3.49. The molecule has 1 heterocycles. The van der Waals surface area contributed by atoms with Crippen molar-refractivity contribution in [3.8, 4) is 0 Å². The Labute approximate surface area is 123 Å². The van der Waals surface area contributed by atoms with Crippen molar-refractivity contribution in [3.63, 3.8) is 0 Å². The number of sulfone groups is 1.